The van der Waals surface area contributed by atoms with Crippen LogP contribution >= 0.6 is 0 Å². The first-order chi connectivity index (χ1) is 6.27. The molecule has 0 bridgehead atoms. The Bertz CT molecular complexity index is 406. The van der Waals surface area contributed by atoms with Gasteiger partial charge in [-0.2, -0.15) is 0 Å². The van der Waals surface area contributed by atoms with Crippen molar-refractivity contribution in [3.63, 3.8) is 0 Å². The van der Waals surface area contributed by atoms with E-state index in [1.807, 2.05) is 31.3 Å². The van der Waals surface area contributed by atoms with Gasteiger partial charge in [0.15, 0.2) is 0 Å². The predicted molar refractivity (Wildman–Crippen MR) is 51.0 cm³/mol. The first kappa shape index (κ1) is 7.79. The number of rotatable bonds is 1. The highest BCUT2D eigenvalue weighted by molar-refractivity contribution is 5.56. The van der Waals surface area contributed by atoms with Gasteiger partial charge in [0.25, 0.3) is 0 Å². The van der Waals surface area contributed by atoms with Crippen molar-refractivity contribution in [2.24, 2.45) is 0 Å². The molecule has 0 aromatic carbocycles. The van der Waals surface area contributed by atoms with Crippen LogP contribution in [0.5, 0.6) is 0 Å². The highest BCUT2D eigenvalue weighted by atomic mass is 15.1. The van der Waals surface area contributed by atoms with Gasteiger partial charge in [0.2, 0.25) is 0 Å². The second-order valence-electron chi connectivity index (χ2n) is 2.88. The Morgan fingerprint density at radius 3 is 2.85 bits per heavy atom. The van der Waals surface area contributed by atoms with E-state index < -0.39 is 0 Å². The molecular weight excluding hydrogens is 164 g/mol. The summed E-state index contributed by atoms with van der Waals surface area (Å²) in [7, 11) is 0. The molecule has 4 heteroatoms. The van der Waals surface area contributed by atoms with Crippen LogP contribution in [0.4, 0.5) is 5.82 Å². The number of anilines is 1. The van der Waals surface area contributed by atoms with E-state index in [9.17, 15) is 0 Å². The minimum absolute atomic E-state index is 0.482. The molecule has 2 rings (SSSR count). The predicted octanol–water partition coefficient (Wildman–Crippen LogP) is 1.36. The van der Waals surface area contributed by atoms with Crippen LogP contribution in [0.2, 0.25) is 0 Å². The van der Waals surface area contributed by atoms with Gasteiger partial charge in [0.1, 0.15) is 11.5 Å². The number of nitrogens with zero attached hydrogens (tertiary/aromatic N) is 2. The third kappa shape index (κ3) is 1.38. The van der Waals surface area contributed by atoms with Gasteiger partial charge in [0, 0.05) is 6.20 Å². The van der Waals surface area contributed by atoms with Gasteiger partial charge in [-0.25, -0.2) is 0 Å². The fourth-order valence-corrected chi connectivity index (χ4v) is 1.12. The largest absolute Gasteiger partial charge is 0.382 e. The molecule has 0 fully saturated rings. The van der Waals surface area contributed by atoms with Crippen molar-refractivity contribution < 1.29 is 0 Å². The Morgan fingerprint density at radius 2 is 2.23 bits per heavy atom. The van der Waals surface area contributed by atoms with Crippen molar-refractivity contribution >= 4 is 5.82 Å². The molecule has 0 radical (unpaired) electrons. The number of aromatic amines is 1. The minimum atomic E-state index is 0.482. The Balaban J connectivity index is 2.49. The van der Waals surface area contributed by atoms with E-state index >= 15 is 0 Å². The van der Waals surface area contributed by atoms with Gasteiger partial charge in [-0.1, -0.05) is 0 Å². The summed E-state index contributed by atoms with van der Waals surface area (Å²) in [5.74, 6) is 0.482. The molecule has 2 aromatic rings. The van der Waals surface area contributed by atoms with Crippen LogP contribution in [0.25, 0.3) is 11.4 Å². The molecule has 2 aromatic heterocycles. The van der Waals surface area contributed by atoms with E-state index in [2.05, 4.69) is 15.2 Å². The fourth-order valence-electron chi connectivity index (χ4n) is 1.12. The third-order valence-electron chi connectivity index (χ3n) is 1.90. The van der Waals surface area contributed by atoms with Crippen LogP contribution in [0.3, 0.4) is 0 Å². The summed E-state index contributed by atoms with van der Waals surface area (Å²) in [4.78, 5) is 3.06. The topological polar surface area (TPSA) is 67.6 Å². The quantitative estimate of drug-likeness (QED) is 0.686. The van der Waals surface area contributed by atoms with Crippen LogP contribution in [0.15, 0.2) is 24.4 Å². The van der Waals surface area contributed by atoms with Crippen LogP contribution in [0, 0.1) is 6.92 Å². The summed E-state index contributed by atoms with van der Waals surface area (Å²) in [5, 5.41) is 7.82. The van der Waals surface area contributed by atoms with Crippen LogP contribution < -0.4 is 5.73 Å². The molecule has 0 spiro atoms. The molecule has 0 saturated carbocycles. The molecule has 2 heterocycles. The number of aromatic nitrogens is 3. The highest BCUT2D eigenvalue weighted by Crippen LogP contribution is 2.16. The minimum Gasteiger partial charge on any atom is -0.382 e. The first-order valence-electron chi connectivity index (χ1n) is 4.01. The maximum atomic E-state index is 5.56. The summed E-state index contributed by atoms with van der Waals surface area (Å²) in [6.45, 7) is 1.91. The van der Waals surface area contributed by atoms with E-state index in [4.69, 9.17) is 5.73 Å². The normalized spacial score (nSPS) is 10.2. The molecule has 0 saturated heterocycles. The summed E-state index contributed by atoms with van der Waals surface area (Å²) < 4.78 is 0. The van der Waals surface area contributed by atoms with Crippen molar-refractivity contribution in [3.8, 4) is 11.4 Å². The van der Waals surface area contributed by atoms with E-state index in [1.54, 1.807) is 0 Å². The Labute approximate surface area is 75.8 Å². The lowest BCUT2D eigenvalue weighted by molar-refractivity contribution is 1.03. The Kier molecular flexibility index (Phi) is 1.73. The number of nitrogens with two attached hydrogens (primary N) is 1. The zero-order valence-electron chi connectivity index (χ0n) is 7.28. The summed E-state index contributed by atoms with van der Waals surface area (Å²) >= 11 is 0. The number of aryl methyl sites for hydroxylation is 1. The average molecular weight is 174 g/mol. The van der Waals surface area contributed by atoms with Gasteiger partial charge < -0.3 is 10.7 Å². The van der Waals surface area contributed by atoms with Crippen molar-refractivity contribution in [2.75, 3.05) is 5.73 Å². The van der Waals surface area contributed by atoms with Crippen LogP contribution in [-0.2, 0) is 0 Å². The molecule has 3 N–H and O–H groups in total. The molecule has 0 aliphatic heterocycles. The lowest BCUT2D eigenvalue weighted by Crippen LogP contribution is -1.97. The van der Waals surface area contributed by atoms with Crippen molar-refractivity contribution in [3.05, 3.63) is 30.0 Å². The molecule has 0 atom stereocenters. The summed E-state index contributed by atoms with van der Waals surface area (Å²) in [6, 6.07) is 5.77. The Morgan fingerprint density at radius 1 is 1.38 bits per heavy atom. The maximum absolute atomic E-state index is 5.56. The molecule has 4 nitrogen and oxygen atoms in total. The van der Waals surface area contributed by atoms with E-state index in [0.717, 1.165) is 17.0 Å². The number of H-pyrrole nitrogens is 1. The first-order valence-corrected chi connectivity index (χ1v) is 4.01. The second kappa shape index (κ2) is 2.90. The number of nitrogen functional groups attached to an aromatic ring is 1. The smallest absolute Gasteiger partial charge is 0.149 e. The highest BCUT2D eigenvalue weighted by Gasteiger charge is 2.02. The van der Waals surface area contributed by atoms with Gasteiger partial charge in [-0.15, -0.1) is 10.2 Å². The zero-order chi connectivity index (χ0) is 9.26. The lowest BCUT2D eigenvalue weighted by Gasteiger charge is -1.99. The number of hydrogen-bond acceptors (Lipinski definition) is 3. The number of nitrogens with one attached hydrogen (secondary N) is 1. The SMILES string of the molecule is Cc1cc(-c2ccc[nH]2)nnc1N. The van der Waals surface area contributed by atoms with Gasteiger partial charge >= 0.3 is 0 Å². The zero-order valence-corrected chi connectivity index (χ0v) is 7.28. The molecule has 13 heavy (non-hydrogen) atoms. The van der Waals surface area contributed by atoms with E-state index in [-0.39, 0.29) is 0 Å². The van der Waals surface area contributed by atoms with Gasteiger partial charge in [0.05, 0.1) is 5.69 Å². The second-order valence-corrected chi connectivity index (χ2v) is 2.88. The lowest BCUT2D eigenvalue weighted by atomic mass is 10.2. The van der Waals surface area contributed by atoms with Crippen molar-refractivity contribution in [1.29, 1.82) is 0 Å². The summed E-state index contributed by atoms with van der Waals surface area (Å²) in [6.07, 6.45) is 1.85. The standard InChI is InChI=1S/C9H10N4/c1-6-5-8(12-13-9(6)10)7-3-2-4-11-7/h2-5,11H,1H3,(H2,10,13). The van der Waals surface area contributed by atoms with Crippen molar-refractivity contribution in [1.82, 2.24) is 15.2 Å². The molecule has 0 amide bonds. The Hall–Kier alpha value is -1.84. The molecular formula is C9H10N4. The number of hydrogen-bond donors (Lipinski definition) is 2. The average Bonchev–Trinajstić information content (AvgIpc) is 2.62. The molecule has 66 valence electrons. The summed E-state index contributed by atoms with van der Waals surface area (Å²) in [5.41, 5.74) is 8.27. The van der Waals surface area contributed by atoms with Gasteiger partial charge in [-0.05, 0) is 30.7 Å². The molecule has 0 aliphatic rings. The molecule has 0 unspecified atom stereocenters. The fraction of sp³-hybridized carbons (Fsp3) is 0.111. The maximum Gasteiger partial charge on any atom is 0.149 e. The van der Waals surface area contributed by atoms with E-state index in [0.29, 0.717) is 5.82 Å². The third-order valence-corrected chi connectivity index (χ3v) is 1.90. The monoisotopic (exact) mass is 174 g/mol. The van der Waals surface area contributed by atoms with Gasteiger partial charge in [-0.3, -0.25) is 0 Å². The van der Waals surface area contributed by atoms with E-state index in [1.165, 1.54) is 0 Å². The van der Waals surface area contributed by atoms with Crippen LogP contribution in [0.1, 0.15) is 5.56 Å². The molecule has 0 aliphatic carbocycles. The van der Waals surface area contributed by atoms with Crippen LogP contribution in [-0.4, -0.2) is 15.2 Å². The van der Waals surface area contributed by atoms with Crippen molar-refractivity contribution in [2.45, 2.75) is 6.92 Å².